The fourth-order valence-corrected chi connectivity index (χ4v) is 5.88. The molecule has 212 valence electrons. The van der Waals surface area contributed by atoms with Crippen LogP contribution in [0.5, 0.6) is 0 Å². The molecular formula is C30H33F3N4O3. The predicted octanol–water partition coefficient (Wildman–Crippen LogP) is 5.86. The Kier molecular flexibility index (Phi) is 6.54. The average molecular weight is 555 g/mol. The molecule has 3 aliphatic rings. The number of aromatic nitrogens is 1. The second kappa shape index (κ2) is 9.82. The number of nitrogens with one attached hydrogen (secondary N) is 2. The van der Waals surface area contributed by atoms with Crippen molar-refractivity contribution in [2.75, 3.05) is 6.54 Å². The molecule has 7 nitrogen and oxygen atoms in total. The minimum absolute atomic E-state index is 0.0226. The number of urea groups is 1. The van der Waals surface area contributed by atoms with E-state index in [-0.39, 0.29) is 24.4 Å². The van der Waals surface area contributed by atoms with Crippen molar-refractivity contribution >= 4 is 23.0 Å². The summed E-state index contributed by atoms with van der Waals surface area (Å²) in [6.45, 7) is 3.40. The third kappa shape index (κ3) is 5.28. The van der Waals surface area contributed by atoms with Crippen molar-refractivity contribution < 1.29 is 27.2 Å². The third-order valence-electron chi connectivity index (χ3n) is 8.56. The molecule has 0 spiro atoms. The van der Waals surface area contributed by atoms with E-state index in [9.17, 15) is 22.8 Å². The smallest absolute Gasteiger partial charge is 0.410 e. The summed E-state index contributed by atoms with van der Waals surface area (Å²) in [6, 6.07) is 11.9. The Balaban J connectivity index is 1.26. The Morgan fingerprint density at radius 1 is 1.10 bits per heavy atom. The first-order chi connectivity index (χ1) is 19.0. The van der Waals surface area contributed by atoms with E-state index in [4.69, 9.17) is 9.40 Å². The number of hydrogen-bond acceptors (Lipinski definition) is 4. The Morgan fingerprint density at radius 2 is 1.77 bits per heavy atom. The molecule has 2 atom stereocenters. The Hall–Kier alpha value is -3.56. The number of alkyl halides is 3. The van der Waals surface area contributed by atoms with Gasteiger partial charge < -0.3 is 20.0 Å². The van der Waals surface area contributed by atoms with Gasteiger partial charge in [0.05, 0.1) is 12.0 Å². The van der Waals surface area contributed by atoms with Crippen molar-refractivity contribution in [3.8, 4) is 0 Å². The van der Waals surface area contributed by atoms with Crippen molar-refractivity contribution in [3.05, 3.63) is 65.5 Å². The number of halogens is 3. The highest BCUT2D eigenvalue weighted by Crippen LogP contribution is 2.54. The lowest BCUT2D eigenvalue weighted by atomic mass is 9.82. The topological polar surface area (TPSA) is 87.5 Å². The Labute approximate surface area is 230 Å². The quantitative estimate of drug-likeness (QED) is 0.347. The fraction of sp³-hybridized carbons (Fsp3) is 0.500. The van der Waals surface area contributed by atoms with Crippen molar-refractivity contribution in [2.45, 2.75) is 69.8 Å². The van der Waals surface area contributed by atoms with Crippen molar-refractivity contribution in [1.29, 1.82) is 0 Å². The molecule has 1 aromatic heterocycles. The average Bonchev–Trinajstić information content (AvgIpc) is 3.85. The molecule has 2 aromatic carbocycles. The van der Waals surface area contributed by atoms with Gasteiger partial charge in [-0.25, -0.2) is 9.78 Å². The van der Waals surface area contributed by atoms with Gasteiger partial charge in [-0.1, -0.05) is 36.4 Å². The van der Waals surface area contributed by atoms with Gasteiger partial charge in [-0.05, 0) is 80.5 Å². The largest absolute Gasteiger partial charge is 0.438 e. The van der Waals surface area contributed by atoms with E-state index >= 15 is 0 Å². The number of benzene rings is 2. The van der Waals surface area contributed by atoms with Crippen LogP contribution >= 0.6 is 0 Å². The van der Waals surface area contributed by atoms with E-state index < -0.39 is 30.2 Å². The van der Waals surface area contributed by atoms with Crippen LogP contribution in [-0.4, -0.2) is 40.6 Å². The standard InChI is InChI=1S/C30H33F3N4O3/c1-29(2,20-6-4-3-5-7-20)27(38)36-25(24(18-9-10-18)19-11-12-19)26-34-21-14-17(8-13-22(21)40-26)15-37-16-23(30(31,32)33)35-28(37)39/h3-8,13-14,18-19,23-25H,9-12,15-16H2,1-2H3,(H,35,39)(H,36,38). The molecule has 2 heterocycles. The van der Waals surface area contributed by atoms with Crippen LogP contribution in [-0.2, 0) is 16.8 Å². The number of hydrogen-bond donors (Lipinski definition) is 2. The summed E-state index contributed by atoms with van der Waals surface area (Å²) in [5.74, 6) is 1.61. The minimum atomic E-state index is -4.50. The molecule has 1 aliphatic heterocycles. The molecule has 3 fully saturated rings. The van der Waals surface area contributed by atoms with Crippen LogP contribution < -0.4 is 10.6 Å². The maximum absolute atomic E-state index is 13.7. The fourth-order valence-electron chi connectivity index (χ4n) is 5.88. The van der Waals surface area contributed by atoms with Gasteiger partial charge >= 0.3 is 12.2 Å². The summed E-state index contributed by atoms with van der Waals surface area (Å²) in [5.41, 5.74) is 1.88. The van der Waals surface area contributed by atoms with E-state index in [1.165, 1.54) is 0 Å². The molecule has 2 saturated carbocycles. The van der Waals surface area contributed by atoms with E-state index in [0.29, 0.717) is 34.4 Å². The Morgan fingerprint density at radius 3 is 2.38 bits per heavy atom. The molecule has 2 unspecified atom stereocenters. The van der Waals surface area contributed by atoms with Gasteiger partial charge in [-0.2, -0.15) is 13.2 Å². The molecule has 0 bridgehead atoms. The van der Waals surface area contributed by atoms with E-state index in [0.717, 1.165) is 36.1 Å². The summed E-state index contributed by atoms with van der Waals surface area (Å²) in [4.78, 5) is 31.8. The number of oxazole rings is 1. The SMILES string of the molecule is CC(C)(C(=O)NC(c1nc2cc(CN3CC(C(F)(F)F)NC3=O)ccc2o1)C(C1CC1)C1CC1)c1ccccc1. The van der Waals surface area contributed by atoms with Gasteiger partial charge in [0.15, 0.2) is 5.58 Å². The molecule has 10 heteroatoms. The zero-order valence-electron chi connectivity index (χ0n) is 22.5. The second-order valence-electron chi connectivity index (χ2n) is 12.0. The first kappa shape index (κ1) is 26.7. The van der Waals surface area contributed by atoms with Crippen LogP contribution in [0, 0.1) is 17.8 Å². The molecule has 1 saturated heterocycles. The molecule has 3 amide bonds. The van der Waals surface area contributed by atoms with Gasteiger partial charge in [-0.15, -0.1) is 0 Å². The summed E-state index contributed by atoms with van der Waals surface area (Å²) in [5, 5.41) is 5.31. The highest BCUT2D eigenvalue weighted by molar-refractivity contribution is 5.87. The van der Waals surface area contributed by atoms with Crippen LogP contribution in [0.1, 0.15) is 62.6 Å². The lowest BCUT2D eigenvalue weighted by molar-refractivity contribution is -0.149. The number of rotatable bonds is 9. The van der Waals surface area contributed by atoms with Crippen LogP contribution in [0.4, 0.5) is 18.0 Å². The van der Waals surface area contributed by atoms with Crippen LogP contribution in [0.25, 0.3) is 11.1 Å². The van der Waals surface area contributed by atoms with Crippen LogP contribution in [0.15, 0.2) is 52.9 Å². The number of fused-ring (bicyclic) bond motifs is 1. The normalized spacial score (nSPS) is 20.7. The van der Waals surface area contributed by atoms with E-state index in [1.807, 2.05) is 49.5 Å². The van der Waals surface area contributed by atoms with Gasteiger partial charge in [0.25, 0.3) is 0 Å². The zero-order valence-corrected chi connectivity index (χ0v) is 22.5. The first-order valence-electron chi connectivity index (χ1n) is 13.9. The number of amides is 3. The predicted molar refractivity (Wildman–Crippen MR) is 142 cm³/mol. The van der Waals surface area contributed by atoms with Crippen LogP contribution in [0.2, 0.25) is 0 Å². The van der Waals surface area contributed by atoms with Gasteiger partial charge in [0.1, 0.15) is 17.6 Å². The summed E-state index contributed by atoms with van der Waals surface area (Å²) in [6.07, 6.45) is -0.00913. The van der Waals surface area contributed by atoms with Crippen molar-refractivity contribution in [1.82, 2.24) is 20.5 Å². The van der Waals surface area contributed by atoms with E-state index in [1.54, 1.807) is 18.2 Å². The van der Waals surface area contributed by atoms with Crippen molar-refractivity contribution in [2.24, 2.45) is 17.8 Å². The number of carbonyl (C=O) groups is 2. The Bertz CT molecular complexity index is 1400. The molecule has 6 rings (SSSR count). The lowest BCUT2D eigenvalue weighted by Gasteiger charge is -2.31. The van der Waals surface area contributed by atoms with Gasteiger partial charge in [-0.3, -0.25) is 4.79 Å². The van der Waals surface area contributed by atoms with Gasteiger partial charge in [0, 0.05) is 6.54 Å². The van der Waals surface area contributed by atoms with E-state index in [2.05, 4.69) is 5.32 Å². The monoisotopic (exact) mass is 554 g/mol. The minimum Gasteiger partial charge on any atom is -0.438 e. The molecule has 2 aliphatic carbocycles. The zero-order chi connectivity index (χ0) is 28.2. The lowest BCUT2D eigenvalue weighted by Crippen LogP contribution is -2.44. The summed E-state index contributed by atoms with van der Waals surface area (Å²) >= 11 is 0. The second-order valence-corrected chi connectivity index (χ2v) is 12.0. The van der Waals surface area contributed by atoms with Crippen molar-refractivity contribution in [3.63, 3.8) is 0 Å². The third-order valence-corrected chi connectivity index (χ3v) is 8.56. The number of nitrogens with zero attached hydrogens (tertiary/aromatic N) is 2. The van der Waals surface area contributed by atoms with Crippen LogP contribution in [0.3, 0.4) is 0 Å². The maximum Gasteiger partial charge on any atom is 0.410 e. The number of carbonyl (C=O) groups excluding carboxylic acids is 2. The maximum atomic E-state index is 13.7. The molecular weight excluding hydrogens is 521 g/mol. The summed E-state index contributed by atoms with van der Waals surface area (Å²) in [7, 11) is 0. The molecule has 40 heavy (non-hydrogen) atoms. The van der Waals surface area contributed by atoms with Gasteiger partial charge in [0.2, 0.25) is 11.8 Å². The first-order valence-corrected chi connectivity index (χ1v) is 13.9. The highest BCUT2D eigenvalue weighted by Gasteiger charge is 2.49. The molecule has 0 radical (unpaired) electrons. The highest BCUT2D eigenvalue weighted by atomic mass is 19.4. The summed E-state index contributed by atoms with van der Waals surface area (Å²) < 4.78 is 45.5. The molecule has 2 N–H and O–H groups in total. The molecule has 3 aromatic rings.